The Balaban J connectivity index is 2.04. The van der Waals surface area contributed by atoms with E-state index in [0.717, 1.165) is 11.3 Å². The molecule has 1 aliphatic heterocycles. The van der Waals surface area contributed by atoms with Gasteiger partial charge < -0.3 is 9.74 Å². The average molecular weight is 276 g/mol. The van der Waals surface area contributed by atoms with E-state index in [1.54, 1.807) is 23.1 Å². The van der Waals surface area contributed by atoms with E-state index in [1.165, 1.54) is 12.1 Å². The van der Waals surface area contributed by atoms with E-state index >= 15 is 0 Å². The monoisotopic (exact) mass is 276 g/mol. The predicted molar refractivity (Wildman–Crippen MR) is 74.6 cm³/mol. The van der Waals surface area contributed by atoms with Crippen molar-refractivity contribution in [2.45, 2.75) is 26.0 Å². The highest BCUT2D eigenvalue weighted by atomic mass is 19.1. The van der Waals surface area contributed by atoms with Crippen LogP contribution in [0.2, 0.25) is 0 Å². The van der Waals surface area contributed by atoms with Gasteiger partial charge in [-0.1, -0.05) is 23.4 Å². The number of nitrogens with zero attached hydrogens (tertiary/aromatic N) is 2. The van der Waals surface area contributed by atoms with E-state index in [-0.39, 0.29) is 11.7 Å². The van der Waals surface area contributed by atoms with Crippen molar-refractivity contribution in [3.8, 4) is 0 Å². The molecule has 0 fully saturated rings. The van der Waals surface area contributed by atoms with Crippen molar-refractivity contribution in [3.05, 3.63) is 48.3 Å². The number of carbonyl (C=O) groups excluding carboxylic acids is 1. The molecule has 0 saturated carbocycles. The molecule has 0 radical (unpaired) electrons. The fourth-order valence-corrected chi connectivity index (χ4v) is 2.03. The van der Waals surface area contributed by atoms with E-state index in [9.17, 15) is 9.18 Å². The smallest absolute Gasteiger partial charge is 0.267 e. The fraction of sp³-hybridized carbons (Fsp3) is 0.333. The minimum atomic E-state index is -0.560. The molecule has 0 N–H and O–H groups in total. The molecular formula is C15H17FN2O2. The first-order valence-corrected chi connectivity index (χ1v) is 6.43. The Morgan fingerprint density at radius 1 is 1.55 bits per heavy atom. The topological polar surface area (TPSA) is 41.9 Å². The lowest BCUT2D eigenvalue weighted by Crippen LogP contribution is -2.39. The SMILES string of the molecule is C=CCN(Cc1ccc(F)cc1)C(=O)C1CC(C)=NO1. The minimum absolute atomic E-state index is 0.130. The largest absolute Gasteiger partial charge is 0.382 e. The van der Waals surface area contributed by atoms with Gasteiger partial charge >= 0.3 is 0 Å². The fourth-order valence-electron chi connectivity index (χ4n) is 2.03. The standard InChI is InChI=1S/C15H17FN2O2/c1-3-8-18(10-12-4-6-13(16)7-5-12)15(19)14-9-11(2)17-20-14/h3-7,14H,1,8-10H2,2H3. The van der Waals surface area contributed by atoms with Gasteiger partial charge in [0.05, 0.1) is 5.71 Å². The number of rotatable bonds is 5. The number of carbonyl (C=O) groups is 1. The number of amides is 1. The van der Waals surface area contributed by atoms with Crippen molar-refractivity contribution in [3.63, 3.8) is 0 Å². The van der Waals surface area contributed by atoms with E-state index < -0.39 is 6.10 Å². The van der Waals surface area contributed by atoms with Crippen molar-refractivity contribution in [1.29, 1.82) is 0 Å². The van der Waals surface area contributed by atoms with E-state index in [1.807, 2.05) is 6.92 Å². The van der Waals surface area contributed by atoms with Crippen LogP contribution in [0.1, 0.15) is 18.9 Å². The molecule has 1 aromatic carbocycles. The summed E-state index contributed by atoms with van der Waals surface area (Å²) < 4.78 is 12.9. The van der Waals surface area contributed by atoms with Crippen LogP contribution in [-0.4, -0.2) is 29.2 Å². The molecule has 2 rings (SSSR count). The van der Waals surface area contributed by atoms with Gasteiger partial charge in [-0.05, 0) is 24.6 Å². The minimum Gasteiger partial charge on any atom is -0.382 e. The summed E-state index contributed by atoms with van der Waals surface area (Å²) in [5, 5.41) is 3.79. The molecule has 0 aliphatic carbocycles. The Bertz CT molecular complexity index is 525. The van der Waals surface area contributed by atoms with Crippen molar-refractivity contribution < 1.29 is 14.0 Å². The number of oxime groups is 1. The summed E-state index contributed by atoms with van der Waals surface area (Å²) in [5.41, 5.74) is 1.67. The van der Waals surface area contributed by atoms with Gasteiger partial charge in [-0.3, -0.25) is 4.79 Å². The molecule has 0 saturated heterocycles. The van der Waals surface area contributed by atoms with E-state index in [0.29, 0.717) is 19.5 Å². The highest BCUT2D eigenvalue weighted by Gasteiger charge is 2.29. The first-order valence-electron chi connectivity index (χ1n) is 6.43. The number of halogens is 1. The van der Waals surface area contributed by atoms with Crippen LogP contribution in [-0.2, 0) is 16.2 Å². The summed E-state index contributed by atoms with van der Waals surface area (Å²) in [5.74, 6) is -0.423. The van der Waals surface area contributed by atoms with Crippen LogP contribution in [0.5, 0.6) is 0 Å². The second-order valence-corrected chi connectivity index (χ2v) is 4.76. The van der Waals surface area contributed by atoms with Crippen LogP contribution < -0.4 is 0 Å². The van der Waals surface area contributed by atoms with Gasteiger partial charge in [-0.2, -0.15) is 0 Å². The van der Waals surface area contributed by atoms with Crippen LogP contribution in [0.15, 0.2) is 42.1 Å². The quantitative estimate of drug-likeness (QED) is 0.775. The third-order valence-electron chi connectivity index (χ3n) is 3.04. The molecule has 106 valence electrons. The number of hydrogen-bond donors (Lipinski definition) is 0. The zero-order valence-corrected chi connectivity index (χ0v) is 11.4. The lowest BCUT2D eigenvalue weighted by Gasteiger charge is -2.23. The molecule has 20 heavy (non-hydrogen) atoms. The molecule has 4 nitrogen and oxygen atoms in total. The molecule has 0 spiro atoms. The summed E-state index contributed by atoms with van der Waals surface area (Å²) in [4.78, 5) is 19.1. The summed E-state index contributed by atoms with van der Waals surface area (Å²) in [7, 11) is 0. The first kappa shape index (κ1) is 14.2. The third-order valence-corrected chi connectivity index (χ3v) is 3.04. The summed E-state index contributed by atoms with van der Waals surface area (Å²) in [6.07, 6.45) is 1.61. The zero-order chi connectivity index (χ0) is 14.5. The van der Waals surface area contributed by atoms with Crippen LogP contribution >= 0.6 is 0 Å². The summed E-state index contributed by atoms with van der Waals surface area (Å²) in [6.45, 7) is 6.29. The Morgan fingerprint density at radius 3 is 2.80 bits per heavy atom. The number of benzene rings is 1. The lowest BCUT2D eigenvalue weighted by atomic mass is 10.1. The maximum absolute atomic E-state index is 12.9. The highest BCUT2D eigenvalue weighted by Crippen LogP contribution is 2.15. The van der Waals surface area contributed by atoms with Gasteiger partial charge in [0, 0.05) is 19.5 Å². The molecule has 0 aromatic heterocycles. The Kier molecular flexibility index (Phi) is 4.50. The number of hydrogen-bond acceptors (Lipinski definition) is 3. The van der Waals surface area contributed by atoms with Gasteiger partial charge in [0.1, 0.15) is 5.82 Å². The Labute approximate surface area is 117 Å². The second-order valence-electron chi connectivity index (χ2n) is 4.76. The van der Waals surface area contributed by atoms with Gasteiger partial charge in [-0.25, -0.2) is 4.39 Å². The molecule has 1 amide bonds. The summed E-state index contributed by atoms with van der Waals surface area (Å²) >= 11 is 0. The van der Waals surface area contributed by atoms with Crippen molar-refractivity contribution in [2.75, 3.05) is 6.54 Å². The Morgan fingerprint density at radius 2 is 2.25 bits per heavy atom. The molecule has 1 heterocycles. The predicted octanol–water partition coefficient (Wildman–Crippen LogP) is 2.51. The van der Waals surface area contributed by atoms with Gasteiger partial charge in [0.15, 0.2) is 0 Å². The molecule has 5 heteroatoms. The second kappa shape index (κ2) is 6.32. The van der Waals surface area contributed by atoms with Crippen molar-refractivity contribution in [2.24, 2.45) is 5.16 Å². The lowest BCUT2D eigenvalue weighted by molar-refractivity contribution is -0.142. The normalized spacial score (nSPS) is 17.3. The van der Waals surface area contributed by atoms with E-state index in [4.69, 9.17) is 4.84 Å². The van der Waals surface area contributed by atoms with Crippen molar-refractivity contribution in [1.82, 2.24) is 4.90 Å². The van der Waals surface area contributed by atoms with Gasteiger partial charge in [0.25, 0.3) is 5.91 Å². The maximum Gasteiger partial charge on any atom is 0.267 e. The summed E-state index contributed by atoms with van der Waals surface area (Å²) in [6, 6.07) is 6.09. The van der Waals surface area contributed by atoms with Gasteiger partial charge in [0.2, 0.25) is 6.10 Å². The molecule has 1 atom stereocenters. The van der Waals surface area contributed by atoms with Crippen LogP contribution in [0.25, 0.3) is 0 Å². The van der Waals surface area contributed by atoms with Crippen molar-refractivity contribution >= 4 is 11.6 Å². The molecule has 1 aliphatic rings. The zero-order valence-electron chi connectivity index (χ0n) is 11.4. The maximum atomic E-state index is 12.9. The average Bonchev–Trinajstić information content (AvgIpc) is 2.86. The van der Waals surface area contributed by atoms with Gasteiger partial charge in [-0.15, -0.1) is 6.58 Å². The van der Waals surface area contributed by atoms with Crippen LogP contribution in [0.3, 0.4) is 0 Å². The first-order chi connectivity index (χ1) is 9.60. The van der Waals surface area contributed by atoms with Crippen LogP contribution in [0.4, 0.5) is 4.39 Å². The molecule has 1 unspecified atom stereocenters. The molecule has 1 aromatic rings. The van der Waals surface area contributed by atoms with Crippen LogP contribution in [0, 0.1) is 5.82 Å². The third kappa shape index (κ3) is 3.44. The Hall–Kier alpha value is -2.17. The molecule has 0 bridgehead atoms. The van der Waals surface area contributed by atoms with E-state index in [2.05, 4.69) is 11.7 Å². The highest BCUT2D eigenvalue weighted by molar-refractivity contribution is 5.91. The molecular weight excluding hydrogens is 259 g/mol.